The second-order valence-corrected chi connectivity index (χ2v) is 1.22. The normalized spacial score (nSPS) is 9.12. The summed E-state index contributed by atoms with van der Waals surface area (Å²) in [7, 11) is 0. The van der Waals surface area contributed by atoms with E-state index in [1.54, 1.807) is 0 Å². The van der Waals surface area contributed by atoms with E-state index in [-0.39, 0.29) is 19.8 Å². The third-order valence-corrected chi connectivity index (χ3v) is 0.578. The molecular formula is C4H9NO3. The van der Waals surface area contributed by atoms with Gasteiger partial charge in [-0.05, 0) is 0 Å². The van der Waals surface area contributed by atoms with Gasteiger partial charge in [0.25, 0.3) is 0 Å². The van der Waals surface area contributed by atoms with Crippen LogP contribution in [0.4, 0.5) is 0 Å². The second kappa shape index (κ2) is 4.55. The van der Waals surface area contributed by atoms with Gasteiger partial charge in [0.05, 0.1) is 19.8 Å². The Bertz CT molecular complexity index is 73.7. The molecule has 0 heterocycles. The van der Waals surface area contributed by atoms with Gasteiger partial charge in [0.2, 0.25) is 0 Å². The van der Waals surface area contributed by atoms with Crippen molar-refractivity contribution >= 4 is 5.97 Å². The van der Waals surface area contributed by atoms with Gasteiger partial charge in [-0.15, -0.1) is 0 Å². The van der Waals surface area contributed by atoms with E-state index in [1.807, 2.05) is 0 Å². The van der Waals surface area contributed by atoms with Gasteiger partial charge in [-0.25, -0.2) is 0 Å². The number of nitrogens with two attached hydrogens (primary N) is 1. The van der Waals surface area contributed by atoms with E-state index in [2.05, 4.69) is 4.74 Å². The molecule has 48 valence electrons. The zero-order valence-corrected chi connectivity index (χ0v) is 4.46. The van der Waals surface area contributed by atoms with Gasteiger partial charge in [0, 0.05) is 0 Å². The molecule has 0 radical (unpaired) electrons. The van der Waals surface area contributed by atoms with Crippen LogP contribution in [0.2, 0.25) is 0 Å². The monoisotopic (exact) mass is 119 g/mol. The van der Waals surface area contributed by atoms with E-state index in [0.29, 0.717) is 0 Å². The highest BCUT2D eigenvalue weighted by molar-refractivity contribution is 5.66. The number of rotatable bonds is 4. The Labute approximate surface area is 47.2 Å². The summed E-state index contributed by atoms with van der Waals surface area (Å²) in [5, 5.41) is 8.02. The predicted molar refractivity (Wildman–Crippen MR) is 27.3 cm³/mol. The molecule has 0 saturated heterocycles. The van der Waals surface area contributed by atoms with Gasteiger partial charge in [-0.1, -0.05) is 0 Å². The Hall–Kier alpha value is -0.610. The quantitative estimate of drug-likeness (QED) is 0.382. The van der Waals surface area contributed by atoms with Crippen molar-refractivity contribution in [3.63, 3.8) is 0 Å². The maximum absolute atomic E-state index is 9.75. The molecule has 0 aromatic carbocycles. The van der Waals surface area contributed by atoms with Crippen LogP contribution < -0.4 is 5.73 Å². The molecule has 4 heteroatoms. The second-order valence-electron chi connectivity index (χ2n) is 1.22. The fourth-order valence-electron chi connectivity index (χ4n) is 0.243. The third kappa shape index (κ3) is 5.39. The first-order chi connectivity index (χ1) is 3.77. The topological polar surface area (TPSA) is 72.5 Å². The Morgan fingerprint density at radius 1 is 1.75 bits per heavy atom. The zero-order chi connectivity index (χ0) is 6.41. The molecule has 3 N–H and O–H groups in total. The Balaban J connectivity index is 2.82. The molecule has 0 spiro atoms. The lowest BCUT2D eigenvalue weighted by Crippen LogP contribution is -2.08. The van der Waals surface area contributed by atoms with Crippen LogP contribution >= 0.6 is 0 Å². The Morgan fingerprint density at radius 3 is 2.75 bits per heavy atom. The molecule has 0 unspecified atom stereocenters. The molecule has 0 atom stereocenters. The number of hydrogen-bond donors (Lipinski definition) is 2. The van der Waals surface area contributed by atoms with Crippen LogP contribution in [0.3, 0.4) is 0 Å². The van der Waals surface area contributed by atoms with Crippen LogP contribution in [0.25, 0.3) is 0 Å². The highest BCUT2D eigenvalue weighted by atomic mass is 16.5. The summed E-state index contributed by atoms with van der Waals surface area (Å²) in [5.41, 5.74) is 4.90. The van der Waals surface area contributed by atoms with Crippen LogP contribution in [0, 0.1) is 0 Å². The molecule has 0 rings (SSSR count). The lowest BCUT2D eigenvalue weighted by Gasteiger charge is -1.93. The lowest BCUT2D eigenvalue weighted by molar-refractivity contribution is -0.138. The molecule has 0 saturated carbocycles. The van der Waals surface area contributed by atoms with Gasteiger partial charge in [0.1, 0.15) is 0 Å². The first-order valence-corrected chi connectivity index (χ1v) is 2.27. The largest absolute Gasteiger partial charge is 0.481 e. The Morgan fingerprint density at radius 2 is 2.38 bits per heavy atom. The molecule has 0 aliphatic rings. The standard InChI is InChI=1S/C4H9NO3/c5-3-8-2-1-4(6)7/h1-3,5H2,(H,6,7). The Kier molecular flexibility index (Phi) is 4.20. The number of ether oxygens (including phenoxy) is 1. The predicted octanol–water partition coefficient (Wildman–Crippen LogP) is -0.606. The van der Waals surface area contributed by atoms with E-state index >= 15 is 0 Å². The van der Waals surface area contributed by atoms with Gasteiger partial charge in [-0.2, -0.15) is 0 Å². The average Bonchev–Trinajstić information content (AvgIpc) is 1.66. The van der Waals surface area contributed by atoms with Crippen molar-refractivity contribution in [1.82, 2.24) is 0 Å². The number of hydrogen-bond acceptors (Lipinski definition) is 3. The summed E-state index contributed by atoms with van der Waals surface area (Å²) in [6.45, 7) is 0.291. The molecule has 0 fully saturated rings. The summed E-state index contributed by atoms with van der Waals surface area (Å²) >= 11 is 0. The van der Waals surface area contributed by atoms with Crippen LogP contribution in [0.5, 0.6) is 0 Å². The number of carbonyl (C=O) groups is 1. The zero-order valence-electron chi connectivity index (χ0n) is 4.46. The summed E-state index contributed by atoms with van der Waals surface area (Å²) in [4.78, 5) is 9.75. The number of carboxylic acids is 1. The van der Waals surface area contributed by atoms with Crippen molar-refractivity contribution in [1.29, 1.82) is 0 Å². The fraction of sp³-hybridized carbons (Fsp3) is 0.750. The van der Waals surface area contributed by atoms with Crippen molar-refractivity contribution in [2.45, 2.75) is 6.42 Å². The van der Waals surface area contributed by atoms with Gasteiger partial charge < -0.3 is 15.6 Å². The summed E-state index contributed by atoms with van der Waals surface area (Å²) in [5.74, 6) is -0.863. The van der Waals surface area contributed by atoms with Crippen LogP contribution in [0.15, 0.2) is 0 Å². The summed E-state index contributed by atoms with van der Waals surface area (Å²) < 4.78 is 4.54. The van der Waals surface area contributed by atoms with E-state index in [1.165, 1.54) is 0 Å². The SMILES string of the molecule is NCOCCC(=O)O. The molecule has 0 aromatic rings. The molecule has 0 amide bonds. The van der Waals surface area contributed by atoms with E-state index in [4.69, 9.17) is 10.8 Å². The molecule has 0 aliphatic heterocycles. The molecule has 8 heavy (non-hydrogen) atoms. The van der Waals surface area contributed by atoms with Crippen molar-refractivity contribution in [2.75, 3.05) is 13.3 Å². The highest BCUT2D eigenvalue weighted by Crippen LogP contribution is 1.78. The van der Waals surface area contributed by atoms with Crippen molar-refractivity contribution < 1.29 is 14.6 Å². The fourth-order valence-corrected chi connectivity index (χ4v) is 0.243. The van der Waals surface area contributed by atoms with Crippen molar-refractivity contribution in [2.24, 2.45) is 5.73 Å². The van der Waals surface area contributed by atoms with Gasteiger partial charge in [-0.3, -0.25) is 4.79 Å². The lowest BCUT2D eigenvalue weighted by atomic mass is 10.5. The van der Waals surface area contributed by atoms with E-state index in [0.717, 1.165) is 0 Å². The van der Waals surface area contributed by atoms with Crippen LogP contribution in [-0.2, 0) is 9.53 Å². The van der Waals surface area contributed by atoms with E-state index in [9.17, 15) is 4.79 Å². The van der Waals surface area contributed by atoms with Crippen LogP contribution in [-0.4, -0.2) is 24.4 Å². The van der Waals surface area contributed by atoms with Crippen molar-refractivity contribution in [3.05, 3.63) is 0 Å². The van der Waals surface area contributed by atoms with E-state index < -0.39 is 5.97 Å². The smallest absolute Gasteiger partial charge is 0.305 e. The molecule has 0 aromatic heterocycles. The number of aliphatic carboxylic acids is 1. The first kappa shape index (κ1) is 7.39. The summed E-state index contributed by atoms with van der Waals surface area (Å²) in [6.07, 6.45) is 0.0250. The van der Waals surface area contributed by atoms with Gasteiger partial charge in [0.15, 0.2) is 0 Å². The maximum Gasteiger partial charge on any atom is 0.305 e. The number of carboxylic acid groups (broad SMARTS) is 1. The first-order valence-electron chi connectivity index (χ1n) is 2.27. The summed E-state index contributed by atoms with van der Waals surface area (Å²) in [6, 6.07) is 0. The molecule has 0 bridgehead atoms. The third-order valence-electron chi connectivity index (χ3n) is 0.578. The minimum Gasteiger partial charge on any atom is -0.481 e. The molecule has 0 aliphatic carbocycles. The molecule has 4 nitrogen and oxygen atoms in total. The molecular weight excluding hydrogens is 110 g/mol. The van der Waals surface area contributed by atoms with Crippen LogP contribution in [0.1, 0.15) is 6.42 Å². The minimum atomic E-state index is -0.863. The average molecular weight is 119 g/mol. The minimum absolute atomic E-state index is 0.0250. The van der Waals surface area contributed by atoms with Crippen molar-refractivity contribution in [3.8, 4) is 0 Å². The van der Waals surface area contributed by atoms with Gasteiger partial charge >= 0.3 is 5.97 Å². The highest BCUT2D eigenvalue weighted by Gasteiger charge is 1.92. The maximum atomic E-state index is 9.75.